The Kier molecular flexibility index (Phi) is 8.46. The van der Waals surface area contributed by atoms with E-state index in [1.807, 2.05) is 13.0 Å². The highest BCUT2D eigenvalue weighted by Crippen LogP contribution is 2.26. The van der Waals surface area contributed by atoms with Gasteiger partial charge in [0.15, 0.2) is 11.9 Å². The van der Waals surface area contributed by atoms with Gasteiger partial charge in [-0.15, -0.1) is 0 Å². The number of aromatic nitrogens is 1. The summed E-state index contributed by atoms with van der Waals surface area (Å²) in [7, 11) is -4.09. The minimum atomic E-state index is -4.09. The molecule has 4 rings (SSSR count). The molecule has 1 aliphatic rings. The third-order valence-electron chi connectivity index (χ3n) is 6.38. The number of carboxylic acid groups (broad SMARTS) is 1. The number of nitrogens with one attached hydrogen (secondary N) is 1. The summed E-state index contributed by atoms with van der Waals surface area (Å²) >= 11 is 0. The first kappa shape index (κ1) is 28.0. The maximum Gasteiger partial charge on any atom is 0.305 e. The lowest BCUT2D eigenvalue weighted by Crippen LogP contribution is -2.63. The normalized spacial score (nSPS) is 17.0. The predicted octanol–water partition coefficient (Wildman–Crippen LogP) is 2.63. The zero-order valence-electron chi connectivity index (χ0n) is 21.6. The molecular formula is C27H30N4O7S. The average Bonchev–Trinajstić information content (AvgIpc) is 3.33. The molecule has 2 amide bonds. The number of hydrogen-bond acceptors (Lipinski definition) is 7. The van der Waals surface area contributed by atoms with Crippen molar-refractivity contribution in [3.63, 3.8) is 0 Å². The fraction of sp³-hybridized carbons (Fsp3) is 0.333. The van der Waals surface area contributed by atoms with Gasteiger partial charge >= 0.3 is 5.97 Å². The van der Waals surface area contributed by atoms with Gasteiger partial charge in [-0.1, -0.05) is 65.3 Å². The molecule has 39 heavy (non-hydrogen) atoms. The molecule has 11 nitrogen and oxygen atoms in total. The third kappa shape index (κ3) is 6.70. The Morgan fingerprint density at radius 1 is 1.08 bits per heavy atom. The monoisotopic (exact) mass is 554 g/mol. The standard InChI is InChI=1S/C27H30N4O7S/c1-18-8-6-11-21(14-18)22(16-24(32)33)28-25(34)26-30(27(35)23-15-19(2)38-29-23)12-7-13-31(26)39(36,37)17-20-9-4-3-5-10-20/h3-6,8-11,14-15,22,26H,7,12-13,16-17H2,1-2H3,(H,28,34)(H,32,33). The van der Waals surface area contributed by atoms with Crippen LogP contribution in [0.1, 0.15) is 51.8 Å². The summed E-state index contributed by atoms with van der Waals surface area (Å²) in [5, 5.41) is 16.0. The molecule has 1 aromatic heterocycles. The number of nitrogens with zero attached hydrogens (tertiary/aromatic N) is 3. The first-order valence-corrected chi connectivity index (χ1v) is 14.0. The Bertz CT molecular complexity index is 1460. The molecule has 2 aromatic carbocycles. The molecule has 1 fully saturated rings. The Balaban J connectivity index is 1.71. The highest BCUT2D eigenvalue weighted by atomic mass is 32.2. The quantitative estimate of drug-likeness (QED) is 0.410. The highest BCUT2D eigenvalue weighted by Gasteiger charge is 2.44. The van der Waals surface area contributed by atoms with Gasteiger partial charge in [0.1, 0.15) is 5.76 Å². The summed E-state index contributed by atoms with van der Waals surface area (Å²) in [5.41, 5.74) is 1.87. The topological polar surface area (TPSA) is 150 Å². The highest BCUT2D eigenvalue weighted by molar-refractivity contribution is 7.88. The lowest BCUT2D eigenvalue weighted by molar-refractivity contribution is -0.138. The van der Waals surface area contributed by atoms with E-state index in [0.29, 0.717) is 16.9 Å². The summed E-state index contributed by atoms with van der Waals surface area (Å²) in [6.45, 7) is 3.54. The molecule has 0 radical (unpaired) electrons. The maximum atomic E-state index is 13.9. The van der Waals surface area contributed by atoms with Crippen LogP contribution in [0, 0.1) is 13.8 Å². The second-order valence-corrected chi connectivity index (χ2v) is 11.4. The molecule has 0 saturated carbocycles. The summed E-state index contributed by atoms with van der Waals surface area (Å²) < 4.78 is 33.3. The predicted molar refractivity (Wildman–Crippen MR) is 141 cm³/mol. The van der Waals surface area contributed by atoms with E-state index in [1.165, 1.54) is 6.07 Å². The van der Waals surface area contributed by atoms with E-state index in [2.05, 4.69) is 10.5 Å². The summed E-state index contributed by atoms with van der Waals surface area (Å²) in [4.78, 5) is 40.1. The summed E-state index contributed by atoms with van der Waals surface area (Å²) in [5.74, 6) is -2.63. The largest absolute Gasteiger partial charge is 0.481 e. The van der Waals surface area contributed by atoms with Crippen LogP contribution >= 0.6 is 0 Å². The molecule has 2 unspecified atom stereocenters. The van der Waals surface area contributed by atoms with Crippen molar-refractivity contribution in [2.24, 2.45) is 0 Å². The molecule has 2 heterocycles. The molecule has 2 atom stereocenters. The van der Waals surface area contributed by atoms with Crippen LogP contribution in [0.3, 0.4) is 0 Å². The number of amides is 2. The zero-order valence-corrected chi connectivity index (χ0v) is 22.4. The molecule has 1 aliphatic heterocycles. The van der Waals surface area contributed by atoms with Gasteiger partial charge in [0.2, 0.25) is 10.0 Å². The smallest absolute Gasteiger partial charge is 0.305 e. The van der Waals surface area contributed by atoms with Gasteiger partial charge in [-0.2, -0.15) is 4.31 Å². The van der Waals surface area contributed by atoms with E-state index in [4.69, 9.17) is 4.52 Å². The summed E-state index contributed by atoms with van der Waals surface area (Å²) in [6.07, 6.45) is -1.70. The number of hydrogen-bond donors (Lipinski definition) is 2. The maximum absolute atomic E-state index is 13.9. The van der Waals surface area contributed by atoms with Crippen molar-refractivity contribution < 1.29 is 32.4 Å². The van der Waals surface area contributed by atoms with E-state index >= 15 is 0 Å². The fourth-order valence-electron chi connectivity index (χ4n) is 4.62. The first-order chi connectivity index (χ1) is 18.5. The van der Waals surface area contributed by atoms with E-state index in [1.54, 1.807) is 55.5 Å². The number of aryl methyl sites for hydroxylation is 2. The number of carboxylic acids is 1. The zero-order chi connectivity index (χ0) is 28.2. The molecule has 0 aliphatic carbocycles. The molecule has 206 valence electrons. The van der Waals surface area contributed by atoms with Gasteiger partial charge in [-0.3, -0.25) is 14.4 Å². The molecule has 12 heteroatoms. The van der Waals surface area contributed by atoms with Crippen molar-refractivity contribution in [2.45, 2.75) is 44.6 Å². The number of carbonyl (C=O) groups excluding carboxylic acids is 2. The van der Waals surface area contributed by atoms with Gasteiger partial charge in [0, 0.05) is 19.2 Å². The van der Waals surface area contributed by atoms with Gasteiger partial charge in [0.05, 0.1) is 18.2 Å². The number of benzene rings is 2. The van der Waals surface area contributed by atoms with Crippen LogP contribution in [-0.2, 0) is 25.4 Å². The van der Waals surface area contributed by atoms with Crippen molar-refractivity contribution in [3.05, 3.63) is 88.8 Å². The third-order valence-corrected chi connectivity index (χ3v) is 8.17. The number of aliphatic carboxylic acids is 1. The minimum Gasteiger partial charge on any atom is -0.481 e. The van der Waals surface area contributed by atoms with Crippen LogP contribution < -0.4 is 5.32 Å². The second-order valence-electron chi connectivity index (χ2n) is 9.47. The van der Waals surface area contributed by atoms with Crippen LogP contribution in [0.4, 0.5) is 0 Å². The lowest BCUT2D eigenvalue weighted by Gasteiger charge is -2.42. The van der Waals surface area contributed by atoms with Gasteiger partial charge in [0.25, 0.3) is 11.8 Å². The average molecular weight is 555 g/mol. The van der Waals surface area contributed by atoms with Crippen LogP contribution in [0.5, 0.6) is 0 Å². The van der Waals surface area contributed by atoms with Crippen molar-refractivity contribution in [1.82, 2.24) is 19.7 Å². The molecule has 2 N–H and O–H groups in total. The van der Waals surface area contributed by atoms with E-state index in [-0.39, 0.29) is 31.0 Å². The van der Waals surface area contributed by atoms with E-state index < -0.39 is 46.4 Å². The van der Waals surface area contributed by atoms with Gasteiger partial charge < -0.3 is 19.8 Å². The molecule has 0 spiro atoms. The minimum absolute atomic E-state index is 0.00290. The summed E-state index contributed by atoms with van der Waals surface area (Å²) in [6, 6.07) is 16.0. The van der Waals surface area contributed by atoms with Crippen LogP contribution in [0.2, 0.25) is 0 Å². The Labute approximate surface area is 226 Å². The molecular weight excluding hydrogens is 524 g/mol. The number of carbonyl (C=O) groups is 3. The van der Waals surface area contributed by atoms with Crippen LogP contribution in [-0.4, -0.2) is 64.9 Å². The Hall–Kier alpha value is -4.03. The molecule has 0 bridgehead atoms. The van der Waals surface area contributed by atoms with Crippen LogP contribution in [0.25, 0.3) is 0 Å². The lowest BCUT2D eigenvalue weighted by atomic mass is 10.0. The SMILES string of the molecule is Cc1cccc(C(CC(=O)O)NC(=O)C2N(C(=O)c3cc(C)on3)CCCN2S(=O)(=O)Cc2ccccc2)c1. The van der Waals surface area contributed by atoms with Crippen molar-refractivity contribution in [3.8, 4) is 0 Å². The fourth-order valence-corrected chi connectivity index (χ4v) is 6.32. The Morgan fingerprint density at radius 3 is 2.46 bits per heavy atom. The van der Waals surface area contributed by atoms with E-state index in [0.717, 1.165) is 14.8 Å². The number of rotatable bonds is 9. The number of sulfonamides is 1. The van der Waals surface area contributed by atoms with Crippen molar-refractivity contribution in [1.29, 1.82) is 0 Å². The van der Waals surface area contributed by atoms with Crippen molar-refractivity contribution in [2.75, 3.05) is 13.1 Å². The first-order valence-electron chi connectivity index (χ1n) is 12.4. The van der Waals surface area contributed by atoms with E-state index in [9.17, 15) is 27.9 Å². The van der Waals surface area contributed by atoms with Crippen molar-refractivity contribution >= 4 is 27.8 Å². The second kappa shape index (κ2) is 11.8. The van der Waals surface area contributed by atoms with Gasteiger partial charge in [-0.25, -0.2) is 8.42 Å². The molecule has 1 saturated heterocycles. The Morgan fingerprint density at radius 2 is 1.82 bits per heavy atom. The molecule has 3 aromatic rings. The van der Waals surface area contributed by atoms with Crippen LogP contribution in [0.15, 0.2) is 65.2 Å². The van der Waals surface area contributed by atoms with Gasteiger partial charge in [-0.05, 0) is 31.4 Å².